The highest BCUT2D eigenvalue weighted by Gasteiger charge is 2.24. The van der Waals surface area contributed by atoms with Crippen LogP contribution in [0.4, 0.5) is 0 Å². The summed E-state index contributed by atoms with van der Waals surface area (Å²) in [7, 11) is -0.192. The molecule has 1 amide bonds. The van der Waals surface area contributed by atoms with E-state index in [1.165, 1.54) is 50.4 Å². The van der Waals surface area contributed by atoms with E-state index in [1.54, 1.807) is 0 Å². The fourth-order valence-electron chi connectivity index (χ4n) is 2.44. The number of nitrogens with zero attached hydrogens (tertiary/aromatic N) is 2. The van der Waals surface area contributed by atoms with Crippen LogP contribution < -0.4 is 0 Å². The van der Waals surface area contributed by atoms with Crippen LogP contribution in [0.3, 0.4) is 0 Å². The van der Waals surface area contributed by atoms with Gasteiger partial charge in [0.2, 0.25) is 0 Å². The summed E-state index contributed by atoms with van der Waals surface area (Å²) < 4.78 is 30.2. The van der Waals surface area contributed by atoms with Crippen LogP contribution in [0.5, 0.6) is 0 Å². The first-order chi connectivity index (χ1) is 13.3. The molecule has 0 radical (unpaired) electrons. The first kappa shape index (κ1) is 21.5. The van der Waals surface area contributed by atoms with Crippen LogP contribution in [0.15, 0.2) is 59.5 Å². The van der Waals surface area contributed by atoms with Gasteiger partial charge < -0.3 is 9.64 Å². The molecule has 0 unspecified atom stereocenters. The van der Waals surface area contributed by atoms with E-state index in [0.717, 1.165) is 5.56 Å². The molecule has 0 aliphatic rings. The number of rotatable bonds is 8. The van der Waals surface area contributed by atoms with Crippen LogP contribution in [0.2, 0.25) is 0 Å². The molecule has 9 heteroatoms. The summed E-state index contributed by atoms with van der Waals surface area (Å²) in [6.45, 7) is -0.0943. The van der Waals surface area contributed by atoms with Gasteiger partial charge in [-0.15, -0.1) is 0 Å². The van der Waals surface area contributed by atoms with Crippen LogP contribution in [0, 0.1) is 0 Å². The monoisotopic (exact) mass is 406 g/mol. The molecule has 0 heterocycles. The number of methoxy groups -OCH3 is 1. The summed E-state index contributed by atoms with van der Waals surface area (Å²) >= 11 is 0. The third-order valence-electron chi connectivity index (χ3n) is 4.03. The maximum Gasteiger partial charge on any atom is 0.325 e. The smallest absolute Gasteiger partial charge is 0.325 e. The van der Waals surface area contributed by atoms with Gasteiger partial charge in [-0.05, 0) is 23.8 Å². The number of hydrogen-bond acceptors (Lipinski definition) is 6. The van der Waals surface area contributed by atoms with Crippen LogP contribution >= 0.6 is 0 Å². The van der Waals surface area contributed by atoms with Crippen molar-refractivity contribution in [3.8, 4) is 0 Å². The van der Waals surface area contributed by atoms with Crippen molar-refractivity contribution in [1.82, 2.24) is 9.37 Å². The average molecular weight is 406 g/mol. The number of ether oxygens (including phenoxy) is 1. The second kappa shape index (κ2) is 9.45. The molecule has 0 aliphatic carbocycles. The quantitative estimate of drug-likeness (QED) is 0.489. The van der Waals surface area contributed by atoms with E-state index in [2.05, 4.69) is 4.74 Å². The van der Waals surface area contributed by atoms with Gasteiger partial charge in [-0.2, -0.15) is 0 Å². The fraction of sp³-hybridized carbons (Fsp3) is 0.263. The zero-order valence-corrected chi connectivity index (χ0v) is 16.7. The Morgan fingerprint density at radius 2 is 1.68 bits per heavy atom. The normalized spacial score (nSPS) is 11.3. The molecule has 0 N–H and O–H groups in total. The largest absolute Gasteiger partial charge is 0.468 e. The lowest BCUT2D eigenvalue weighted by Crippen LogP contribution is -2.36. The highest BCUT2D eigenvalue weighted by Crippen LogP contribution is 2.18. The lowest BCUT2D eigenvalue weighted by atomic mass is 10.1. The Balaban J connectivity index is 2.35. The molecular weight excluding hydrogens is 384 g/mol. The third kappa shape index (κ3) is 5.16. The van der Waals surface area contributed by atoms with Crippen molar-refractivity contribution >= 4 is 21.9 Å². The van der Waals surface area contributed by atoms with Crippen LogP contribution in [-0.4, -0.2) is 57.5 Å². The molecule has 2 rings (SSSR count). The van der Waals surface area contributed by atoms with Crippen molar-refractivity contribution in [1.29, 1.82) is 0 Å². The Morgan fingerprint density at radius 3 is 2.29 bits per heavy atom. The van der Waals surface area contributed by atoms with Crippen LogP contribution in [0.1, 0.15) is 15.9 Å². The number of hydroxylamine groups is 1. The van der Waals surface area contributed by atoms with Gasteiger partial charge in [0, 0.05) is 19.2 Å². The minimum atomic E-state index is -3.91. The lowest BCUT2D eigenvalue weighted by molar-refractivity contribution is -0.141. The second-order valence-corrected chi connectivity index (χ2v) is 7.78. The molecule has 0 bridgehead atoms. The maximum absolute atomic E-state index is 13.0. The number of carbonyl (C=O) groups excluding carboxylic acids is 2. The van der Waals surface area contributed by atoms with E-state index in [4.69, 9.17) is 4.84 Å². The van der Waals surface area contributed by atoms with Gasteiger partial charge in [0.05, 0.1) is 19.1 Å². The number of sulfonamides is 1. The number of carbonyl (C=O) groups is 2. The summed E-state index contributed by atoms with van der Waals surface area (Å²) in [6, 6.07) is 14.7. The first-order valence-corrected chi connectivity index (χ1v) is 9.76. The minimum Gasteiger partial charge on any atom is -0.468 e. The summed E-state index contributed by atoms with van der Waals surface area (Å²) in [4.78, 5) is 30.7. The molecule has 0 aliphatic heterocycles. The molecule has 8 nitrogen and oxygen atoms in total. The molecule has 0 spiro atoms. The molecule has 28 heavy (non-hydrogen) atoms. The Morgan fingerprint density at radius 1 is 1.00 bits per heavy atom. The van der Waals surface area contributed by atoms with Crippen molar-refractivity contribution in [2.24, 2.45) is 0 Å². The third-order valence-corrected chi connectivity index (χ3v) is 5.70. The molecule has 0 saturated carbocycles. The van der Waals surface area contributed by atoms with Crippen molar-refractivity contribution in [2.45, 2.75) is 11.4 Å². The Labute approximate surface area is 164 Å². The van der Waals surface area contributed by atoms with E-state index in [9.17, 15) is 18.0 Å². The fourth-order valence-corrected chi connectivity index (χ4v) is 3.46. The van der Waals surface area contributed by atoms with Gasteiger partial charge in [0.25, 0.3) is 15.9 Å². The Hall–Kier alpha value is -2.75. The van der Waals surface area contributed by atoms with Gasteiger partial charge >= 0.3 is 5.97 Å². The molecule has 0 atom stereocenters. The zero-order valence-electron chi connectivity index (χ0n) is 15.9. The molecule has 0 saturated heterocycles. The van der Waals surface area contributed by atoms with E-state index >= 15 is 0 Å². The van der Waals surface area contributed by atoms with E-state index in [-0.39, 0.29) is 23.5 Å². The van der Waals surface area contributed by atoms with Gasteiger partial charge in [-0.1, -0.05) is 40.9 Å². The highest BCUT2D eigenvalue weighted by molar-refractivity contribution is 7.89. The van der Waals surface area contributed by atoms with Gasteiger partial charge in [0.15, 0.2) is 0 Å². The van der Waals surface area contributed by atoms with Crippen LogP contribution in [-0.2, 0) is 30.9 Å². The SMILES string of the molecule is COC(=O)CN(Cc1ccccc1)C(=O)c1cccc(S(=O)(=O)N(C)OC)c1. The van der Waals surface area contributed by atoms with E-state index in [0.29, 0.717) is 4.47 Å². The van der Waals surface area contributed by atoms with Gasteiger partial charge in [0.1, 0.15) is 6.54 Å². The van der Waals surface area contributed by atoms with Crippen LogP contribution in [0.25, 0.3) is 0 Å². The predicted octanol–water partition coefficient (Wildman–Crippen LogP) is 1.68. The zero-order chi connectivity index (χ0) is 20.7. The maximum atomic E-state index is 13.0. The van der Waals surface area contributed by atoms with Gasteiger partial charge in [-0.3, -0.25) is 14.4 Å². The van der Waals surface area contributed by atoms with E-state index < -0.39 is 21.9 Å². The molecule has 150 valence electrons. The molecule has 2 aromatic carbocycles. The lowest BCUT2D eigenvalue weighted by Gasteiger charge is -2.22. The highest BCUT2D eigenvalue weighted by atomic mass is 32.2. The standard InChI is InChI=1S/C19H22N2O6S/c1-20(27-3)28(24,25)17-11-7-10-16(12-17)19(23)21(14-18(22)26-2)13-15-8-5-4-6-9-15/h4-12H,13-14H2,1-3H3. The summed E-state index contributed by atoms with van der Waals surface area (Å²) in [5.74, 6) is -1.07. The molecule has 0 aromatic heterocycles. The first-order valence-electron chi connectivity index (χ1n) is 8.32. The second-order valence-electron chi connectivity index (χ2n) is 5.85. The summed E-state index contributed by atoms with van der Waals surface area (Å²) in [6.07, 6.45) is 0. The topological polar surface area (TPSA) is 93.2 Å². The molecule has 0 fully saturated rings. The summed E-state index contributed by atoms with van der Waals surface area (Å²) in [5.41, 5.74) is 0.952. The van der Waals surface area contributed by atoms with Crippen molar-refractivity contribution in [3.05, 3.63) is 65.7 Å². The average Bonchev–Trinajstić information content (AvgIpc) is 2.72. The summed E-state index contributed by atoms with van der Waals surface area (Å²) in [5, 5.41) is 0. The molecular formula is C19H22N2O6S. The Kier molecular flexibility index (Phi) is 7.27. The van der Waals surface area contributed by atoms with Crippen molar-refractivity contribution in [3.63, 3.8) is 0 Å². The number of esters is 1. The van der Waals surface area contributed by atoms with Crippen molar-refractivity contribution in [2.75, 3.05) is 27.8 Å². The number of hydrogen-bond donors (Lipinski definition) is 0. The van der Waals surface area contributed by atoms with Crippen molar-refractivity contribution < 1.29 is 27.6 Å². The van der Waals surface area contributed by atoms with Gasteiger partial charge in [-0.25, -0.2) is 8.42 Å². The minimum absolute atomic E-state index is 0.0968. The predicted molar refractivity (Wildman–Crippen MR) is 102 cm³/mol. The Bertz CT molecular complexity index is 930. The molecule has 2 aromatic rings. The van der Waals surface area contributed by atoms with E-state index in [1.807, 2.05) is 30.3 Å². The number of amides is 1. The number of benzene rings is 2.